The first-order valence-electron chi connectivity index (χ1n) is 9.58. The van der Waals surface area contributed by atoms with Crippen molar-refractivity contribution in [2.45, 2.75) is 6.04 Å². The van der Waals surface area contributed by atoms with Gasteiger partial charge in [-0.25, -0.2) is 9.50 Å². The molecule has 0 radical (unpaired) electrons. The molecule has 0 unspecified atom stereocenters. The van der Waals surface area contributed by atoms with Crippen molar-refractivity contribution in [3.8, 4) is 5.75 Å². The van der Waals surface area contributed by atoms with E-state index in [4.69, 9.17) is 4.74 Å². The minimum absolute atomic E-state index is 0. The minimum atomic E-state index is -0.00367. The van der Waals surface area contributed by atoms with Gasteiger partial charge in [0, 0.05) is 50.1 Å². The molecule has 0 saturated carbocycles. The van der Waals surface area contributed by atoms with Gasteiger partial charge in [0.2, 0.25) is 0 Å². The maximum atomic E-state index is 13.0. The Morgan fingerprint density at radius 3 is 2.69 bits per heavy atom. The molecule has 152 valence electrons. The van der Waals surface area contributed by atoms with Crippen LogP contribution in [0.25, 0.3) is 5.65 Å². The van der Waals surface area contributed by atoms with Gasteiger partial charge < -0.3 is 9.64 Å². The minimum Gasteiger partial charge on any atom is -0.497 e. The van der Waals surface area contributed by atoms with E-state index in [-0.39, 0.29) is 18.3 Å². The maximum absolute atomic E-state index is 13.0. The summed E-state index contributed by atoms with van der Waals surface area (Å²) < 4.78 is 6.94. The van der Waals surface area contributed by atoms with E-state index >= 15 is 0 Å². The molecule has 4 heterocycles. The molecule has 2 fully saturated rings. The van der Waals surface area contributed by atoms with Gasteiger partial charge in [0.25, 0.3) is 5.91 Å². The average Bonchev–Trinajstić information content (AvgIpc) is 3.39. The Balaban J connectivity index is 0.00000205. The number of halogens is 1. The van der Waals surface area contributed by atoms with Crippen LogP contribution in [0.2, 0.25) is 0 Å². The third kappa shape index (κ3) is 3.34. The third-order valence-electron chi connectivity index (χ3n) is 6.09. The van der Waals surface area contributed by atoms with Crippen molar-refractivity contribution in [1.82, 2.24) is 24.4 Å². The van der Waals surface area contributed by atoms with Crippen LogP contribution in [0, 0.1) is 11.8 Å². The van der Waals surface area contributed by atoms with Gasteiger partial charge in [-0.1, -0.05) is 12.1 Å². The van der Waals surface area contributed by atoms with Crippen molar-refractivity contribution >= 4 is 24.0 Å². The van der Waals surface area contributed by atoms with Crippen molar-refractivity contribution in [3.05, 3.63) is 60.0 Å². The van der Waals surface area contributed by atoms with Gasteiger partial charge in [-0.3, -0.25) is 9.69 Å². The molecule has 5 rings (SSSR count). The summed E-state index contributed by atoms with van der Waals surface area (Å²) in [5, 5.41) is 4.40. The quantitative estimate of drug-likeness (QED) is 0.660. The summed E-state index contributed by atoms with van der Waals surface area (Å²) in [6.45, 7) is 2.53. The number of rotatable bonds is 3. The van der Waals surface area contributed by atoms with E-state index in [0.717, 1.165) is 25.4 Å². The number of ether oxygens (including phenoxy) is 1. The zero-order valence-electron chi connectivity index (χ0n) is 16.4. The number of aromatic nitrogens is 3. The number of hydrogen-bond acceptors (Lipinski definition) is 5. The molecule has 29 heavy (non-hydrogen) atoms. The van der Waals surface area contributed by atoms with Crippen LogP contribution < -0.4 is 4.74 Å². The first-order chi connectivity index (χ1) is 13.6. The molecule has 1 amide bonds. The Bertz CT molecular complexity index is 988. The topological polar surface area (TPSA) is 63.0 Å². The molecule has 1 aromatic carbocycles. The summed E-state index contributed by atoms with van der Waals surface area (Å²) in [6.07, 6.45) is 3.52. The van der Waals surface area contributed by atoms with E-state index in [1.807, 2.05) is 29.3 Å². The van der Waals surface area contributed by atoms with Crippen molar-refractivity contribution in [2.75, 3.05) is 33.8 Å². The number of amides is 1. The molecule has 2 saturated heterocycles. The number of benzene rings is 1. The van der Waals surface area contributed by atoms with E-state index in [0.29, 0.717) is 29.2 Å². The number of hydrogen-bond donors (Lipinski definition) is 0. The molecule has 7 nitrogen and oxygen atoms in total. The highest BCUT2D eigenvalue weighted by Gasteiger charge is 2.47. The van der Waals surface area contributed by atoms with Crippen LogP contribution in [0.15, 0.2) is 48.8 Å². The van der Waals surface area contributed by atoms with Crippen molar-refractivity contribution in [2.24, 2.45) is 11.8 Å². The second-order valence-electron chi connectivity index (χ2n) is 7.74. The van der Waals surface area contributed by atoms with Crippen LogP contribution in [-0.2, 0) is 0 Å². The first kappa shape index (κ1) is 19.7. The number of fused-ring (bicyclic) bond motifs is 2. The normalized spacial score (nSPS) is 23.8. The molecule has 2 aliphatic rings. The number of nitrogens with zero attached hydrogens (tertiary/aromatic N) is 5. The van der Waals surface area contributed by atoms with Crippen LogP contribution >= 0.6 is 12.4 Å². The summed E-state index contributed by atoms with van der Waals surface area (Å²) in [6, 6.07) is 12.2. The van der Waals surface area contributed by atoms with Gasteiger partial charge in [-0.05, 0) is 36.7 Å². The van der Waals surface area contributed by atoms with Gasteiger partial charge in [-0.15, -0.1) is 12.4 Å². The lowest BCUT2D eigenvalue weighted by molar-refractivity contribution is 0.0761. The van der Waals surface area contributed by atoms with Gasteiger partial charge in [0.1, 0.15) is 5.75 Å². The van der Waals surface area contributed by atoms with E-state index in [1.165, 1.54) is 5.56 Å². The lowest BCUT2D eigenvalue weighted by Gasteiger charge is -2.26. The Morgan fingerprint density at radius 2 is 1.97 bits per heavy atom. The fourth-order valence-electron chi connectivity index (χ4n) is 4.82. The standard InChI is InChI=1S/C21H23N5O2.ClH/c1-24-11-15-12-25(21(27)18-10-19-22-8-3-9-26(19)23-18)13-17(15)20(24)14-4-6-16(28-2)7-5-14;/h3-10,15,17,20H,11-13H2,1-2H3;1H/t15-,17+,20-;/m0./s1. The SMILES string of the molecule is COc1ccc([C@H]2[C@@H]3CN(C(=O)c4cc5ncccn5n4)C[C@@H]3CN2C)cc1.Cl. The van der Waals surface area contributed by atoms with Gasteiger partial charge >= 0.3 is 0 Å². The zero-order chi connectivity index (χ0) is 19.3. The molecule has 0 N–H and O–H groups in total. The van der Waals surface area contributed by atoms with Crippen LogP contribution in [0.3, 0.4) is 0 Å². The molecule has 0 spiro atoms. The summed E-state index contributed by atoms with van der Waals surface area (Å²) in [5.74, 6) is 1.77. The molecular weight excluding hydrogens is 390 g/mol. The van der Waals surface area contributed by atoms with Gasteiger partial charge in [-0.2, -0.15) is 5.10 Å². The van der Waals surface area contributed by atoms with E-state index in [9.17, 15) is 4.79 Å². The molecule has 0 aliphatic carbocycles. The fraction of sp³-hybridized carbons (Fsp3) is 0.381. The Morgan fingerprint density at radius 1 is 1.17 bits per heavy atom. The summed E-state index contributed by atoms with van der Waals surface area (Å²) in [7, 11) is 3.86. The molecule has 3 atom stereocenters. The van der Waals surface area contributed by atoms with Crippen LogP contribution in [0.1, 0.15) is 22.1 Å². The van der Waals surface area contributed by atoms with Crippen molar-refractivity contribution < 1.29 is 9.53 Å². The largest absolute Gasteiger partial charge is 0.497 e. The predicted octanol–water partition coefficient (Wildman–Crippen LogP) is 2.53. The smallest absolute Gasteiger partial charge is 0.274 e. The van der Waals surface area contributed by atoms with Crippen molar-refractivity contribution in [1.29, 1.82) is 0 Å². The van der Waals surface area contributed by atoms with Crippen molar-refractivity contribution in [3.63, 3.8) is 0 Å². The predicted molar refractivity (Wildman–Crippen MR) is 111 cm³/mol. The number of carbonyl (C=O) groups excluding carboxylic acids is 1. The molecule has 2 aliphatic heterocycles. The second-order valence-corrected chi connectivity index (χ2v) is 7.74. The summed E-state index contributed by atoms with van der Waals surface area (Å²) in [5.41, 5.74) is 2.44. The molecule has 2 aromatic heterocycles. The number of methoxy groups -OCH3 is 1. The molecular formula is C21H24ClN5O2. The maximum Gasteiger partial charge on any atom is 0.274 e. The average molecular weight is 414 g/mol. The summed E-state index contributed by atoms with van der Waals surface area (Å²) >= 11 is 0. The van der Waals surface area contributed by atoms with Crippen LogP contribution in [0.4, 0.5) is 0 Å². The second kappa shape index (κ2) is 7.65. The number of likely N-dealkylation sites (tertiary alicyclic amines) is 2. The lowest BCUT2D eigenvalue weighted by atomic mass is 9.89. The highest BCUT2D eigenvalue weighted by Crippen LogP contribution is 2.44. The van der Waals surface area contributed by atoms with E-state index in [1.54, 1.807) is 23.9 Å². The Labute approximate surface area is 175 Å². The first-order valence-corrected chi connectivity index (χ1v) is 9.58. The van der Waals surface area contributed by atoms with Gasteiger partial charge in [0.05, 0.1) is 7.11 Å². The highest BCUT2D eigenvalue weighted by molar-refractivity contribution is 5.93. The van der Waals surface area contributed by atoms with Crippen LogP contribution in [-0.4, -0.2) is 64.1 Å². The number of carbonyl (C=O) groups is 1. The summed E-state index contributed by atoms with van der Waals surface area (Å²) in [4.78, 5) is 21.7. The zero-order valence-corrected chi connectivity index (χ0v) is 17.2. The Kier molecular flexibility index (Phi) is 5.19. The van der Waals surface area contributed by atoms with E-state index in [2.05, 4.69) is 34.2 Å². The lowest BCUT2D eigenvalue weighted by Crippen LogP contribution is -2.33. The fourth-order valence-corrected chi connectivity index (χ4v) is 4.82. The molecule has 3 aromatic rings. The van der Waals surface area contributed by atoms with Crippen LogP contribution in [0.5, 0.6) is 5.75 Å². The van der Waals surface area contributed by atoms with E-state index < -0.39 is 0 Å². The third-order valence-corrected chi connectivity index (χ3v) is 6.09. The monoisotopic (exact) mass is 413 g/mol. The Hall–Kier alpha value is -2.64. The molecule has 0 bridgehead atoms. The highest BCUT2D eigenvalue weighted by atomic mass is 35.5. The van der Waals surface area contributed by atoms with Gasteiger partial charge in [0.15, 0.2) is 11.3 Å². The molecule has 8 heteroatoms.